The predicted octanol–water partition coefficient (Wildman–Crippen LogP) is 4.99. The number of alkyl halides is 1. The zero-order valence-electron chi connectivity index (χ0n) is 14.7. The van der Waals surface area contributed by atoms with Crippen LogP contribution in [0.4, 0.5) is 0 Å². The molecule has 138 valence electrons. The van der Waals surface area contributed by atoms with E-state index in [0.717, 1.165) is 31.2 Å². The minimum Gasteiger partial charge on any atom is -0.207 e. The van der Waals surface area contributed by atoms with Crippen molar-refractivity contribution in [2.75, 3.05) is 6.54 Å². The Labute approximate surface area is 161 Å². The highest BCUT2D eigenvalue weighted by Crippen LogP contribution is 2.53. The number of sulfonamides is 1. The van der Waals surface area contributed by atoms with Gasteiger partial charge in [-0.25, -0.2) is 8.42 Å². The summed E-state index contributed by atoms with van der Waals surface area (Å²) >= 11 is 7.06. The molecule has 26 heavy (non-hydrogen) atoms. The number of rotatable bonds is 3. The second-order valence-corrected chi connectivity index (χ2v) is 10.1. The standard InChI is InChI=1S/C21H24ClNO2S/c22-21-14-8-7-13-19(21)20(17-9-3-1-4-10-17)23(16-15-21)26(24,25)18-11-5-2-6-12-18/h1-6,9-12,19-20H,7-8,13-16H2/t19-,20+,21-/m0/s1. The molecule has 1 saturated heterocycles. The van der Waals surface area contributed by atoms with Crippen LogP contribution in [0, 0.1) is 5.92 Å². The highest BCUT2D eigenvalue weighted by atomic mass is 35.5. The molecule has 0 aromatic heterocycles. The lowest BCUT2D eigenvalue weighted by molar-refractivity contribution is 0.0933. The quantitative estimate of drug-likeness (QED) is 0.693. The van der Waals surface area contributed by atoms with Gasteiger partial charge >= 0.3 is 0 Å². The van der Waals surface area contributed by atoms with Crippen molar-refractivity contribution < 1.29 is 8.42 Å². The van der Waals surface area contributed by atoms with Crippen LogP contribution in [0.15, 0.2) is 65.6 Å². The van der Waals surface area contributed by atoms with Gasteiger partial charge in [0.25, 0.3) is 0 Å². The van der Waals surface area contributed by atoms with E-state index in [9.17, 15) is 8.42 Å². The summed E-state index contributed by atoms with van der Waals surface area (Å²) in [7, 11) is -3.56. The molecule has 2 aromatic carbocycles. The van der Waals surface area contributed by atoms with Crippen molar-refractivity contribution in [3.63, 3.8) is 0 Å². The Balaban J connectivity index is 1.81. The molecule has 1 saturated carbocycles. The van der Waals surface area contributed by atoms with E-state index in [-0.39, 0.29) is 16.8 Å². The third kappa shape index (κ3) is 3.08. The number of benzene rings is 2. The van der Waals surface area contributed by atoms with Crippen molar-refractivity contribution >= 4 is 21.6 Å². The van der Waals surface area contributed by atoms with Crippen molar-refractivity contribution in [1.82, 2.24) is 4.31 Å². The molecule has 2 fully saturated rings. The van der Waals surface area contributed by atoms with Crippen molar-refractivity contribution in [3.8, 4) is 0 Å². The average molecular weight is 390 g/mol. The minimum atomic E-state index is -3.56. The van der Waals surface area contributed by atoms with E-state index < -0.39 is 10.0 Å². The Bertz CT molecular complexity index is 856. The van der Waals surface area contributed by atoms with E-state index in [1.807, 2.05) is 36.4 Å². The van der Waals surface area contributed by atoms with Gasteiger partial charge in [-0.2, -0.15) is 4.31 Å². The fourth-order valence-corrected chi connectivity index (χ4v) is 6.78. The van der Waals surface area contributed by atoms with E-state index in [1.165, 1.54) is 0 Å². The van der Waals surface area contributed by atoms with Crippen LogP contribution in [0.1, 0.15) is 43.7 Å². The molecular formula is C21H24ClNO2S. The molecule has 1 heterocycles. The summed E-state index contributed by atoms with van der Waals surface area (Å²) < 4.78 is 28.6. The Kier molecular flexibility index (Phi) is 4.84. The van der Waals surface area contributed by atoms with Gasteiger partial charge in [-0.15, -0.1) is 11.6 Å². The summed E-state index contributed by atoms with van der Waals surface area (Å²) in [6.07, 6.45) is 4.91. The first-order valence-electron chi connectivity index (χ1n) is 9.33. The van der Waals surface area contributed by atoms with Crippen LogP contribution < -0.4 is 0 Å². The van der Waals surface area contributed by atoms with Crippen LogP contribution in [0.2, 0.25) is 0 Å². The maximum Gasteiger partial charge on any atom is 0.243 e. The van der Waals surface area contributed by atoms with Crippen molar-refractivity contribution in [2.45, 2.75) is 47.9 Å². The van der Waals surface area contributed by atoms with Gasteiger partial charge in [0.1, 0.15) is 0 Å². The molecule has 0 bridgehead atoms. The molecule has 3 nitrogen and oxygen atoms in total. The van der Waals surface area contributed by atoms with Gasteiger partial charge in [0.05, 0.1) is 15.8 Å². The van der Waals surface area contributed by atoms with Crippen molar-refractivity contribution in [1.29, 1.82) is 0 Å². The Hall–Kier alpha value is -1.36. The lowest BCUT2D eigenvalue weighted by Crippen LogP contribution is -2.53. The highest BCUT2D eigenvalue weighted by molar-refractivity contribution is 7.89. The highest BCUT2D eigenvalue weighted by Gasteiger charge is 2.51. The third-order valence-electron chi connectivity index (χ3n) is 5.95. The molecule has 1 aliphatic heterocycles. The summed E-state index contributed by atoms with van der Waals surface area (Å²) in [5.41, 5.74) is 1.05. The van der Waals surface area contributed by atoms with Crippen molar-refractivity contribution in [2.24, 2.45) is 5.92 Å². The first kappa shape index (κ1) is 18.0. The maximum atomic E-state index is 13.4. The van der Waals surface area contributed by atoms with Gasteiger partial charge in [-0.05, 0) is 42.9 Å². The van der Waals surface area contributed by atoms with Gasteiger partial charge in [-0.3, -0.25) is 0 Å². The first-order chi connectivity index (χ1) is 12.5. The van der Waals surface area contributed by atoms with E-state index in [1.54, 1.807) is 28.6 Å². The van der Waals surface area contributed by atoms with Crippen molar-refractivity contribution in [3.05, 3.63) is 66.2 Å². The zero-order chi connectivity index (χ0) is 18.2. The molecule has 0 spiro atoms. The average Bonchev–Trinajstić information content (AvgIpc) is 2.68. The summed E-state index contributed by atoms with van der Waals surface area (Å²) in [6, 6.07) is 18.6. The van der Waals surface area contributed by atoms with Gasteiger partial charge in [0.2, 0.25) is 10.0 Å². The second-order valence-electron chi connectivity index (χ2n) is 7.42. The second kappa shape index (κ2) is 6.99. The van der Waals surface area contributed by atoms with Crippen LogP contribution in [0.5, 0.6) is 0 Å². The van der Waals surface area contributed by atoms with Gasteiger partial charge in [0, 0.05) is 6.54 Å². The van der Waals surface area contributed by atoms with Gasteiger partial charge in [0.15, 0.2) is 0 Å². The SMILES string of the molecule is O=S(=O)(c1ccccc1)N1CC[C@@]2(Cl)CCCC[C@H]2[C@H]1c1ccccc1. The van der Waals surface area contributed by atoms with Crippen LogP contribution in [0.3, 0.4) is 0 Å². The number of halogens is 1. The van der Waals surface area contributed by atoms with Gasteiger partial charge < -0.3 is 0 Å². The lowest BCUT2D eigenvalue weighted by Gasteiger charge is -2.51. The van der Waals surface area contributed by atoms with Crippen LogP contribution in [-0.2, 0) is 10.0 Å². The molecule has 0 N–H and O–H groups in total. The summed E-state index contributed by atoms with van der Waals surface area (Å²) in [5.74, 6) is 0.146. The molecule has 5 heteroatoms. The summed E-state index contributed by atoms with van der Waals surface area (Å²) in [6.45, 7) is 0.469. The fourth-order valence-electron chi connectivity index (χ4n) is 4.66. The van der Waals surface area contributed by atoms with E-state index in [4.69, 9.17) is 11.6 Å². The monoisotopic (exact) mass is 389 g/mol. The number of nitrogens with zero attached hydrogens (tertiary/aromatic N) is 1. The largest absolute Gasteiger partial charge is 0.243 e. The minimum absolute atomic E-state index is 0.146. The molecule has 2 aliphatic rings. The molecule has 0 amide bonds. The first-order valence-corrected chi connectivity index (χ1v) is 11.1. The Morgan fingerprint density at radius 1 is 0.923 bits per heavy atom. The number of piperidine rings is 1. The third-order valence-corrected chi connectivity index (χ3v) is 8.51. The fraction of sp³-hybridized carbons (Fsp3) is 0.429. The normalized spacial score (nSPS) is 29.9. The van der Waals surface area contributed by atoms with Crippen LogP contribution >= 0.6 is 11.6 Å². The zero-order valence-corrected chi connectivity index (χ0v) is 16.3. The molecular weight excluding hydrogens is 366 g/mol. The van der Waals surface area contributed by atoms with Crippen LogP contribution in [-0.4, -0.2) is 24.1 Å². The number of hydrogen-bond donors (Lipinski definition) is 0. The molecule has 0 radical (unpaired) electrons. The van der Waals surface area contributed by atoms with Gasteiger partial charge in [-0.1, -0.05) is 61.4 Å². The molecule has 1 aliphatic carbocycles. The molecule has 2 aromatic rings. The maximum absolute atomic E-state index is 13.4. The molecule has 0 unspecified atom stereocenters. The summed E-state index contributed by atoms with van der Waals surface area (Å²) in [4.78, 5) is 0.0698. The Morgan fingerprint density at radius 3 is 2.27 bits per heavy atom. The van der Waals surface area contributed by atoms with E-state index in [2.05, 4.69) is 0 Å². The molecule has 4 rings (SSSR count). The summed E-state index contributed by atoms with van der Waals surface area (Å²) in [5, 5.41) is 0. The predicted molar refractivity (Wildman–Crippen MR) is 105 cm³/mol. The topological polar surface area (TPSA) is 37.4 Å². The molecule has 3 atom stereocenters. The Morgan fingerprint density at radius 2 is 1.58 bits per heavy atom. The lowest BCUT2D eigenvalue weighted by atomic mass is 9.69. The van der Waals surface area contributed by atoms with Crippen LogP contribution in [0.25, 0.3) is 0 Å². The smallest absolute Gasteiger partial charge is 0.207 e. The number of fused-ring (bicyclic) bond motifs is 1. The van der Waals surface area contributed by atoms with E-state index in [0.29, 0.717) is 17.9 Å². The van der Waals surface area contributed by atoms with E-state index >= 15 is 0 Å². The number of hydrogen-bond acceptors (Lipinski definition) is 2.